The molecule has 0 saturated carbocycles. The highest BCUT2D eigenvalue weighted by molar-refractivity contribution is 5.88. The van der Waals surface area contributed by atoms with Gasteiger partial charge < -0.3 is 24.4 Å². The normalized spacial score (nSPS) is 14.9. The van der Waals surface area contributed by atoms with E-state index >= 15 is 0 Å². The quantitative estimate of drug-likeness (QED) is 0.397. The van der Waals surface area contributed by atoms with Crippen molar-refractivity contribution in [3.63, 3.8) is 0 Å². The Bertz CT molecular complexity index is 1220. The smallest absolute Gasteiger partial charge is 0.379 e. The number of allylic oxidation sites excluding steroid dienone is 1. The van der Waals surface area contributed by atoms with Gasteiger partial charge in [0, 0.05) is 11.6 Å². The van der Waals surface area contributed by atoms with Gasteiger partial charge in [-0.1, -0.05) is 32.0 Å². The number of nitrogens with two attached hydrogens (primary N) is 1. The predicted octanol–water partition coefficient (Wildman–Crippen LogP) is 5.14. The minimum atomic E-state index is -0.625. The van der Waals surface area contributed by atoms with Gasteiger partial charge in [0.05, 0.1) is 18.8 Å². The number of carbonyl (C=O) groups is 1. The van der Waals surface area contributed by atoms with Crippen LogP contribution in [0.15, 0.2) is 76.7 Å². The van der Waals surface area contributed by atoms with Crippen LogP contribution in [0.5, 0.6) is 17.2 Å². The van der Waals surface area contributed by atoms with E-state index in [9.17, 15) is 10.1 Å². The summed E-state index contributed by atoms with van der Waals surface area (Å²) in [6, 6.07) is 17.9. The first-order chi connectivity index (χ1) is 16.0. The van der Waals surface area contributed by atoms with E-state index in [2.05, 4.69) is 19.9 Å². The maximum absolute atomic E-state index is 12.2. The fourth-order valence-corrected chi connectivity index (χ4v) is 3.59. The topological polar surface area (TPSA) is 108 Å². The second-order valence-electron chi connectivity index (χ2n) is 8.09. The largest absolute Gasteiger partial charge is 0.494 e. The van der Waals surface area contributed by atoms with E-state index in [1.54, 1.807) is 24.3 Å². The zero-order valence-electron chi connectivity index (χ0n) is 18.4. The first kappa shape index (κ1) is 22.0. The number of nitrogens with zero attached hydrogens (tertiary/aromatic N) is 1. The van der Waals surface area contributed by atoms with E-state index in [4.69, 9.17) is 24.4 Å². The molecule has 0 saturated heterocycles. The van der Waals surface area contributed by atoms with Crippen LogP contribution in [-0.2, 0) is 0 Å². The minimum Gasteiger partial charge on any atom is -0.494 e. The average Bonchev–Trinajstić information content (AvgIpc) is 3.33. The van der Waals surface area contributed by atoms with E-state index in [0.29, 0.717) is 23.8 Å². The molecule has 1 atom stereocenters. The summed E-state index contributed by atoms with van der Waals surface area (Å²) in [4.78, 5) is 12.2. The third-order valence-corrected chi connectivity index (χ3v) is 5.28. The van der Waals surface area contributed by atoms with Gasteiger partial charge in [0.1, 0.15) is 28.9 Å². The lowest BCUT2D eigenvalue weighted by molar-refractivity contribution is 0.0701. The summed E-state index contributed by atoms with van der Waals surface area (Å²) in [5.74, 6) is 0.977. The molecule has 4 rings (SSSR count). The number of carbonyl (C=O) groups excluding carboxylic acids is 1. The van der Waals surface area contributed by atoms with E-state index in [1.807, 2.05) is 24.3 Å². The van der Waals surface area contributed by atoms with Crippen molar-refractivity contribution in [3.05, 3.63) is 89.2 Å². The summed E-state index contributed by atoms with van der Waals surface area (Å²) in [5, 5.41) is 9.79. The number of rotatable bonds is 7. The molecule has 2 heterocycles. The lowest BCUT2D eigenvalue weighted by Gasteiger charge is -2.27. The van der Waals surface area contributed by atoms with Crippen LogP contribution in [0.2, 0.25) is 0 Å². The molecule has 1 aliphatic heterocycles. The number of hydrogen-bond donors (Lipinski definition) is 1. The van der Waals surface area contributed by atoms with E-state index < -0.39 is 11.9 Å². The van der Waals surface area contributed by atoms with Crippen molar-refractivity contribution >= 4 is 5.97 Å². The Morgan fingerprint density at radius 2 is 2.00 bits per heavy atom. The molecule has 1 unspecified atom stereocenters. The van der Waals surface area contributed by atoms with Gasteiger partial charge in [-0.25, -0.2) is 4.79 Å². The van der Waals surface area contributed by atoms with Crippen molar-refractivity contribution in [1.29, 1.82) is 5.26 Å². The van der Waals surface area contributed by atoms with E-state index in [1.165, 1.54) is 12.3 Å². The van der Waals surface area contributed by atoms with Gasteiger partial charge in [0.15, 0.2) is 0 Å². The maximum Gasteiger partial charge on any atom is 0.379 e. The number of fused-ring (bicyclic) bond motifs is 1. The van der Waals surface area contributed by atoms with Crippen molar-refractivity contribution in [1.82, 2.24) is 0 Å². The van der Waals surface area contributed by atoms with Crippen LogP contribution in [0.3, 0.4) is 0 Å². The Kier molecular flexibility index (Phi) is 6.36. The summed E-state index contributed by atoms with van der Waals surface area (Å²) < 4.78 is 22.1. The SMILES string of the molecule is CC(C)CCOc1cccc(C2C(C#N)=C(N)Oc3cc(OC(=O)c4ccco4)ccc32)c1. The molecule has 1 aromatic heterocycles. The summed E-state index contributed by atoms with van der Waals surface area (Å²) in [5.41, 5.74) is 7.98. The fraction of sp³-hybridized carbons (Fsp3) is 0.231. The zero-order chi connectivity index (χ0) is 23.4. The van der Waals surface area contributed by atoms with Gasteiger partial charge in [-0.05, 0) is 48.2 Å². The second kappa shape index (κ2) is 9.53. The van der Waals surface area contributed by atoms with Gasteiger partial charge >= 0.3 is 5.97 Å². The molecule has 7 heteroatoms. The molecule has 0 spiro atoms. The monoisotopic (exact) mass is 444 g/mol. The molecule has 0 aliphatic carbocycles. The number of ether oxygens (including phenoxy) is 3. The number of furan rings is 1. The van der Waals surface area contributed by atoms with Gasteiger partial charge in [-0.2, -0.15) is 5.26 Å². The zero-order valence-corrected chi connectivity index (χ0v) is 18.4. The maximum atomic E-state index is 12.2. The number of benzene rings is 2. The highest BCUT2D eigenvalue weighted by atomic mass is 16.5. The lowest BCUT2D eigenvalue weighted by atomic mass is 9.83. The first-order valence-electron chi connectivity index (χ1n) is 10.7. The minimum absolute atomic E-state index is 0.00985. The molecule has 0 radical (unpaired) electrons. The Hall–Kier alpha value is -4.18. The van der Waals surface area contributed by atoms with Gasteiger partial charge in [0.2, 0.25) is 11.6 Å². The van der Waals surface area contributed by atoms with Gasteiger partial charge in [0.25, 0.3) is 0 Å². The predicted molar refractivity (Wildman–Crippen MR) is 121 cm³/mol. The van der Waals surface area contributed by atoms with Crippen LogP contribution in [0.1, 0.15) is 47.9 Å². The molecule has 33 heavy (non-hydrogen) atoms. The molecule has 1 aliphatic rings. The molecule has 0 fully saturated rings. The summed E-state index contributed by atoms with van der Waals surface area (Å²) >= 11 is 0. The fourth-order valence-electron chi connectivity index (χ4n) is 3.59. The average molecular weight is 444 g/mol. The van der Waals surface area contributed by atoms with Crippen molar-refractivity contribution in [2.24, 2.45) is 11.7 Å². The third-order valence-electron chi connectivity index (χ3n) is 5.28. The Morgan fingerprint density at radius 3 is 2.73 bits per heavy atom. The molecular formula is C26H24N2O5. The van der Waals surface area contributed by atoms with Gasteiger partial charge in [-0.15, -0.1) is 0 Å². The first-order valence-corrected chi connectivity index (χ1v) is 10.7. The van der Waals surface area contributed by atoms with E-state index in [-0.39, 0.29) is 17.4 Å². The van der Waals surface area contributed by atoms with Crippen LogP contribution >= 0.6 is 0 Å². The molecule has 3 aromatic rings. The van der Waals surface area contributed by atoms with Crippen molar-refractivity contribution < 1.29 is 23.4 Å². The molecule has 2 aromatic carbocycles. The summed E-state index contributed by atoms with van der Waals surface area (Å²) in [7, 11) is 0. The van der Waals surface area contributed by atoms with Crippen LogP contribution in [0.4, 0.5) is 0 Å². The Morgan fingerprint density at radius 1 is 1.15 bits per heavy atom. The number of nitriles is 1. The second-order valence-corrected chi connectivity index (χ2v) is 8.09. The molecule has 7 nitrogen and oxygen atoms in total. The Labute approximate surface area is 192 Å². The van der Waals surface area contributed by atoms with Crippen molar-refractivity contribution in [3.8, 4) is 23.3 Å². The summed E-state index contributed by atoms with van der Waals surface area (Å²) in [6.07, 6.45) is 2.34. The molecule has 168 valence electrons. The number of esters is 1. The standard InChI is InChI=1S/C26H24N2O5/c1-16(2)10-12-30-18-6-3-5-17(13-18)24-20-9-8-19(32-26(29)22-7-4-11-31-22)14-23(20)33-25(28)21(24)15-27/h3-9,11,13-14,16,24H,10,12,28H2,1-2H3. The molecular weight excluding hydrogens is 420 g/mol. The van der Waals surface area contributed by atoms with Crippen LogP contribution in [0.25, 0.3) is 0 Å². The van der Waals surface area contributed by atoms with Crippen LogP contribution in [0, 0.1) is 17.2 Å². The van der Waals surface area contributed by atoms with E-state index in [0.717, 1.165) is 23.3 Å². The van der Waals surface area contributed by atoms with Crippen molar-refractivity contribution in [2.45, 2.75) is 26.2 Å². The number of hydrogen-bond acceptors (Lipinski definition) is 7. The highest BCUT2D eigenvalue weighted by Gasteiger charge is 2.31. The third kappa shape index (κ3) is 4.85. The Balaban J connectivity index is 1.64. The summed E-state index contributed by atoms with van der Waals surface area (Å²) in [6.45, 7) is 4.90. The van der Waals surface area contributed by atoms with Gasteiger partial charge in [-0.3, -0.25) is 0 Å². The molecule has 0 bridgehead atoms. The highest BCUT2D eigenvalue weighted by Crippen LogP contribution is 2.44. The van der Waals surface area contributed by atoms with Crippen LogP contribution in [-0.4, -0.2) is 12.6 Å². The molecule has 2 N–H and O–H groups in total. The van der Waals surface area contributed by atoms with Crippen molar-refractivity contribution in [2.75, 3.05) is 6.61 Å². The molecule has 0 amide bonds. The van der Waals surface area contributed by atoms with Crippen LogP contribution < -0.4 is 19.9 Å². The lowest BCUT2D eigenvalue weighted by Crippen LogP contribution is -2.21.